The summed E-state index contributed by atoms with van der Waals surface area (Å²) >= 11 is 0. The fourth-order valence-corrected chi connectivity index (χ4v) is 2.53. The average Bonchev–Trinajstić information content (AvgIpc) is 2.54. The lowest BCUT2D eigenvalue weighted by Gasteiger charge is -2.21. The molecule has 0 heterocycles. The molecule has 0 aliphatic heterocycles. The number of nitrogens with zero attached hydrogens (tertiary/aromatic N) is 1. The molecule has 0 aliphatic rings. The third-order valence-electron chi connectivity index (χ3n) is 3.66. The fourth-order valence-electron chi connectivity index (χ4n) is 2.53. The number of benzene rings is 2. The number of aliphatic hydroxyl groups is 1. The van der Waals surface area contributed by atoms with Gasteiger partial charge in [0.1, 0.15) is 0 Å². The second kappa shape index (κ2) is 8.82. The van der Waals surface area contributed by atoms with Gasteiger partial charge >= 0.3 is 0 Å². The Balaban J connectivity index is 1.85. The molecule has 0 saturated carbocycles. The summed E-state index contributed by atoms with van der Waals surface area (Å²) in [5.41, 5.74) is 3.69. The maximum absolute atomic E-state index is 9.97. The normalized spacial score (nSPS) is 12.8. The van der Waals surface area contributed by atoms with Crippen LogP contribution in [0, 0.1) is 0 Å². The Morgan fingerprint density at radius 2 is 1.57 bits per heavy atom. The van der Waals surface area contributed by atoms with E-state index < -0.39 is 6.10 Å². The molecule has 0 saturated heterocycles. The lowest BCUT2D eigenvalue weighted by Crippen LogP contribution is -2.32. The first-order valence-electron chi connectivity index (χ1n) is 8.17. The summed E-state index contributed by atoms with van der Waals surface area (Å²) in [6.07, 6.45) is -0.300. The molecule has 0 unspecified atom stereocenters. The Bertz CT molecular complexity index is 566. The third-order valence-corrected chi connectivity index (χ3v) is 3.66. The molecule has 2 rings (SSSR count). The van der Waals surface area contributed by atoms with Crippen LogP contribution in [0.4, 0.5) is 0 Å². The van der Waals surface area contributed by atoms with Gasteiger partial charge in [0.05, 0.1) is 18.8 Å². The molecule has 0 aromatic heterocycles. The van der Waals surface area contributed by atoms with Crippen molar-refractivity contribution < 1.29 is 9.84 Å². The van der Waals surface area contributed by atoms with Gasteiger partial charge in [0.25, 0.3) is 0 Å². The lowest BCUT2D eigenvalue weighted by molar-refractivity contribution is -0.00634. The fraction of sp³-hybridized carbons (Fsp3) is 0.400. The Morgan fingerprint density at radius 3 is 2.17 bits per heavy atom. The molecule has 2 aromatic carbocycles. The van der Waals surface area contributed by atoms with Gasteiger partial charge in [-0.05, 0) is 37.6 Å². The first-order chi connectivity index (χ1) is 11.0. The Morgan fingerprint density at radius 1 is 0.957 bits per heavy atom. The molecule has 0 spiro atoms. The van der Waals surface area contributed by atoms with Crippen molar-refractivity contribution in [3.05, 3.63) is 60.2 Å². The second-order valence-electron chi connectivity index (χ2n) is 6.30. The minimum Gasteiger partial charge on any atom is -0.389 e. The Kier molecular flexibility index (Phi) is 6.78. The van der Waals surface area contributed by atoms with Crippen molar-refractivity contribution in [1.82, 2.24) is 4.90 Å². The maximum Gasteiger partial charge on any atom is 0.0900 e. The molecular weight excluding hydrogens is 286 g/mol. The van der Waals surface area contributed by atoms with E-state index in [1.54, 1.807) is 0 Å². The quantitative estimate of drug-likeness (QED) is 0.808. The van der Waals surface area contributed by atoms with E-state index in [1.165, 1.54) is 16.7 Å². The highest BCUT2D eigenvalue weighted by atomic mass is 16.5. The zero-order chi connectivity index (χ0) is 16.7. The Hall–Kier alpha value is -1.68. The van der Waals surface area contributed by atoms with Crippen molar-refractivity contribution in [2.75, 3.05) is 20.2 Å². The zero-order valence-electron chi connectivity index (χ0n) is 14.3. The van der Waals surface area contributed by atoms with Gasteiger partial charge in [0.2, 0.25) is 0 Å². The Labute approximate surface area is 139 Å². The van der Waals surface area contributed by atoms with Gasteiger partial charge in [0, 0.05) is 13.1 Å². The highest BCUT2D eigenvalue weighted by Gasteiger charge is 2.10. The van der Waals surface area contributed by atoms with Crippen molar-refractivity contribution in [1.29, 1.82) is 0 Å². The molecule has 23 heavy (non-hydrogen) atoms. The second-order valence-corrected chi connectivity index (χ2v) is 6.30. The van der Waals surface area contributed by atoms with E-state index in [2.05, 4.69) is 53.4 Å². The summed E-state index contributed by atoms with van der Waals surface area (Å²) in [6, 6.07) is 19.0. The maximum atomic E-state index is 9.97. The number of likely N-dealkylation sites (N-methyl/N-ethyl adjacent to an activating group) is 1. The number of ether oxygens (including phenoxy) is 1. The van der Waals surface area contributed by atoms with Gasteiger partial charge in [-0.3, -0.25) is 4.90 Å². The van der Waals surface area contributed by atoms with Crippen LogP contribution in [-0.2, 0) is 11.3 Å². The largest absolute Gasteiger partial charge is 0.389 e. The summed E-state index contributed by atoms with van der Waals surface area (Å²) in [5.74, 6) is 0. The standard InChI is InChI=1S/C20H27NO2/c1-16(2)23-15-20(22)14-21(3)13-17-9-11-19(12-10-17)18-7-5-4-6-8-18/h4-12,16,20,22H,13-15H2,1-3H3/t20-/m0/s1. The van der Waals surface area contributed by atoms with Gasteiger partial charge in [-0.15, -0.1) is 0 Å². The third kappa shape index (κ3) is 6.14. The minimum absolute atomic E-state index is 0.153. The average molecular weight is 313 g/mol. The monoisotopic (exact) mass is 313 g/mol. The van der Waals surface area contributed by atoms with Crippen LogP contribution in [-0.4, -0.2) is 42.4 Å². The minimum atomic E-state index is -0.453. The molecule has 2 aromatic rings. The molecule has 0 radical (unpaired) electrons. The summed E-state index contributed by atoms with van der Waals surface area (Å²) in [5, 5.41) is 9.97. The molecule has 124 valence electrons. The van der Waals surface area contributed by atoms with Crippen LogP contribution in [0.5, 0.6) is 0 Å². The predicted octanol–water partition coefficient (Wildman–Crippen LogP) is 3.57. The van der Waals surface area contributed by atoms with Crippen LogP contribution in [0.1, 0.15) is 19.4 Å². The number of hydrogen-bond acceptors (Lipinski definition) is 3. The van der Waals surface area contributed by atoms with E-state index in [1.807, 2.05) is 27.0 Å². The molecule has 1 atom stereocenters. The predicted molar refractivity (Wildman–Crippen MR) is 95.3 cm³/mol. The highest BCUT2D eigenvalue weighted by Crippen LogP contribution is 2.19. The summed E-state index contributed by atoms with van der Waals surface area (Å²) in [6.45, 7) is 5.76. The van der Waals surface area contributed by atoms with E-state index in [9.17, 15) is 5.11 Å². The van der Waals surface area contributed by atoms with Crippen molar-refractivity contribution in [3.63, 3.8) is 0 Å². The molecule has 3 nitrogen and oxygen atoms in total. The van der Waals surface area contributed by atoms with Crippen LogP contribution in [0.2, 0.25) is 0 Å². The van der Waals surface area contributed by atoms with Crippen LogP contribution in [0.3, 0.4) is 0 Å². The molecular formula is C20H27NO2. The van der Waals surface area contributed by atoms with Gasteiger partial charge in [-0.1, -0.05) is 54.6 Å². The molecule has 1 N–H and O–H groups in total. The topological polar surface area (TPSA) is 32.7 Å². The van der Waals surface area contributed by atoms with Gasteiger partial charge in [-0.25, -0.2) is 0 Å². The molecule has 0 aliphatic carbocycles. The van der Waals surface area contributed by atoms with E-state index in [-0.39, 0.29) is 6.10 Å². The lowest BCUT2D eigenvalue weighted by atomic mass is 10.0. The summed E-state index contributed by atoms with van der Waals surface area (Å²) in [4.78, 5) is 2.12. The molecule has 0 amide bonds. The summed E-state index contributed by atoms with van der Waals surface area (Å²) in [7, 11) is 2.02. The smallest absolute Gasteiger partial charge is 0.0900 e. The van der Waals surface area contributed by atoms with Gasteiger partial charge in [0.15, 0.2) is 0 Å². The molecule has 0 fully saturated rings. The van der Waals surface area contributed by atoms with Gasteiger partial charge < -0.3 is 9.84 Å². The number of rotatable bonds is 8. The van der Waals surface area contributed by atoms with Crippen molar-refractivity contribution >= 4 is 0 Å². The van der Waals surface area contributed by atoms with Crippen molar-refractivity contribution in [2.24, 2.45) is 0 Å². The van der Waals surface area contributed by atoms with Gasteiger partial charge in [-0.2, -0.15) is 0 Å². The molecule has 0 bridgehead atoms. The van der Waals surface area contributed by atoms with E-state index in [0.29, 0.717) is 13.2 Å². The summed E-state index contributed by atoms with van der Waals surface area (Å²) < 4.78 is 5.44. The van der Waals surface area contributed by atoms with E-state index in [4.69, 9.17) is 4.74 Å². The first kappa shape index (κ1) is 17.7. The van der Waals surface area contributed by atoms with Crippen molar-refractivity contribution in [3.8, 4) is 11.1 Å². The van der Waals surface area contributed by atoms with Crippen LogP contribution < -0.4 is 0 Å². The van der Waals surface area contributed by atoms with Crippen molar-refractivity contribution in [2.45, 2.75) is 32.6 Å². The number of hydrogen-bond donors (Lipinski definition) is 1. The van der Waals surface area contributed by atoms with E-state index >= 15 is 0 Å². The zero-order valence-corrected chi connectivity index (χ0v) is 14.3. The van der Waals surface area contributed by atoms with Crippen LogP contribution >= 0.6 is 0 Å². The SMILES string of the molecule is CC(C)OC[C@@H](O)CN(C)Cc1ccc(-c2ccccc2)cc1. The highest BCUT2D eigenvalue weighted by molar-refractivity contribution is 5.63. The number of aliphatic hydroxyl groups excluding tert-OH is 1. The van der Waals surface area contributed by atoms with Crippen LogP contribution in [0.15, 0.2) is 54.6 Å². The first-order valence-corrected chi connectivity index (χ1v) is 8.17. The molecule has 3 heteroatoms. The van der Waals surface area contributed by atoms with E-state index in [0.717, 1.165) is 6.54 Å². The van der Waals surface area contributed by atoms with Crippen LogP contribution in [0.25, 0.3) is 11.1 Å².